The number of ether oxygens (including phenoxy) is 1. The lowest BCUT2D eigenvalue weighted by atomic mass is 10.0. The highest BCUT2D eigenvalue weighted by atomic mass is 32.2. The molecule has 3 aromatic carbocycles. The van der Waals surface area contributed by atoms with Crippen LogP contribution in [0.1, 0.15) is 21.2 Å². The summed E-state index contributed by atoms with van der Waals surface area (Å²) in [5, 5.41) is 2.58. The molecule has 0 bridgehead atoms. The Kier molecular flexibility index (Phi) is 6.34. The second-order valence-electron chi connectivity index (χ2n) is 6.90. The van der Waals surface area contributed by atoms with Crippen molar-refractivity contribution in [3.8, 4) is 5.75 Å². The molecule has 0 spiro atoms. The third-order valence-electron chi connectivity index (χ3n) is 4.98. The first-order valence-corrected chi connectivity index (χ1v) is 11.0. The fourth-order valence-electron chi connectivity index (χ4n) is 3.40. The van der Waals surface area contributed by atoms with E-state index in [2.05, 4.69) is 5.32 Å². The van der Waals surface area contributed by atoms with E-state index in [-0.39, 0.29) is 17.1 Å². The van der Waals surface area contributed by atoms with Crippen LogP contribution in [-0.2, 0) is 4.79 Å². The predicted octanol–water partition coefficient (Wildman–Crippen LogP) is 4.60. The smallest absolute Gasteiger partial charge is 0.256 e. The van der Waals surface area contributed by atoms with Crippen LogP contribution in [0.25, 0.3) is 0 Å². The van der Waals surface area contributed by atoms with Crippen LogP contribution in [0, 0.1) is 0 Å². The van der Waals surface area contributed by atoms with E-state index in [0.29, 0.717) is 21.3 Å². The Labute approximate surface area is 190 Å². The molecule has 7 heteroatoms. The lowest BCUT2D eigenvalue weighted by molar-refractivity contribution is -0.119. The zero-order chi connectivity index (χ0) is 21.8. The summed E-state index contributed by atoms with van der Waals surface area (Å²) in [5.41, 5.74) is 2.05. The summed E-state index contributed by atoms with van der Waals surface area (Å²) in [4.78, 5) is 28.0. The summed E-state index contributed by atoms with van der Waals surface area (Å²) >= 11 is 6.99. The Balaban J connectivity index is 1.70. The molecule has 0 saturated carbocycles. The molecule has 5 nitrogen and oxygen atoms in total. The highest BCUT2D eigenvalue weighted by molar-refractivity contribution is 8.23. The number of methoxy groups -OCH3 is 1. The standard InChI is InChI=1S/C24H20N2O3S2/c1-29-19-14-12-16(13-15-19)21-20(25-22(27)17-8-4-2-5-9-17)23(28)26(24(30)31-21)18-10-6-3-7-11-18/h2-15,20-21H,1H3,(H,25,27)/t20-,21+/m0/s1. The number of benzene rings is 3. The molecule has 1 heterocycles. The van der Waals surface area contributed by atoms with E-state index in [1.165, 1.54) is 16.7 Å². The zero-order valence-electron chi connectivity index (χ0n) is 16.7. The molecule has 1 aliphatic rings. The molecule has 1 fully saturated rings. The average Bonchev–Trinajstić information content (AvgIpc) is 2.82. The molecule has 0 radical (unpaired) electrons. The molecule has 1 saturated heterocycles. The van der Waals surface area contributed by atoms with E-state index in [4.69, 9.17) is 17.0 Å². The molecule has 2 amide bonds. The molecule has 0 unspecified atom stereocenters. The summed E-state index contributed by atoms with van der Waals surface area (Å²) in [6.07, 6.45) is 0. The topological polar surface area (TPSA) is 58.6 Å². The number of thioether (sulfide) groups is 1. The van der Waals surface area contributed by atoms with E-state index in [1.54, 1.807) is 31.4 Å². The van der Waals surface area contributed by atoms with E-state index >= 15 is 0 Å². The van der Waals surface area contributed by atoms with E-state index in [0.717, 1.165) is 5.56 Å². The molecule has 0 aliphatic carbocycles. The Bertz CT molecular complexity index is 1090. The first-order chi connectivity index (χ1) is 15.1. The summed E-state index contributed by atoms with van der Waals surface area (Å²) < 4.78 is 5.69. The van der Waals surface area contributed by atoms with Crippen LogP contribution in [0.2, 0.25) is 0 Å². The van der Waals surface area contributed by atoms with Crippen molar-refractivity contribution in [3.05, 3.63) is 96.1 Å². The van der Waals surface area contributed by atoms with Crippen LogP contribution >= 0.6 is 24.0 Å². The molecule has 31 heavy (non-hydrogen) atoms. The predicted molar refractivity (Wildman–Crippen MR) is 128 cm³/mol. The second kappa shape index (κ2) is 9.32. The highest BCUT2D eigenvalue weighted by Gasteiger charge is 2.42. The van der Waals surface area contributed by atoms with Gasteiger partial charge in [0.15, 0.2) is 0 Å². The fraction of sp³-hybridized carbons (Fsp3) is 0.125. The fourth-order valence-corrected chi connectivity index (χ4v) is 5.04. The molecule has 2 atom stereocenters. The Morgan fingerprint density at radius 3 is 2.19 bits per heavy atom. The minimum Gasteiger partial charge on any atom is -0.497 e. The average molecular weight is 449 g/mol. The first kappa shape index (κ1) is 21.1. The van der Waals surface area contributed by atoms with Gasteiger partial charge in [-0.1, -0.05) is 72.5 Å². The highest BCUT2D eigenvalue weighted by Crippen LogP contribution is 2.41. The maximum Gasteiger partial charge on any atom is 0.256 e. The Morgan fingerprint density at radius 2 is 1.58 bits per heavy atom. The van der Waals surface area contributed by atoms with Crippen LogP contribution in [0.4, 0.5) is 5.69 Å². The van der Waals surface area contributed by atoms with Crippen LogP contribution < -0.4 is 15.0 Å². The quantitative estimate of drug-likeness (QED) is 0.578. The number of hydrogen-bond donors (Lipinski definition) is 1. The van der Waals surface area contributed by atoms with E-state index in [9.17, 15) is 9.59 Å². The van der Waals surface area contributed by atoms with Gasteiger partial charge in [0.2, 0.25) is 0 Å². The number of nitrogens with one attached hydrogen (secondary N) is 1. The van der Waals surface area contributed by atoms with Gasteiger partial charge < -0.3 is 10.1 Å². The number of hydrogen-bond acceptors (Lipinski definition) is 5. The van der Waals surface area contributed by atoms with Crippen LogP contribution in [0.3, 0.4) is 0 Å². The lowest BCUT2D eigenvalue weighted by Gasteiger charge is -2.38. The Morgan fingerprint density at radius 1 is 0.968 bits per heavy atom. The van der Waals surface area contributed by atoms with Crippen molar-refractivity contribution in [2.45, 2.75) is 11.3 Å². The van der Waals surface area contributed by atoms with E-state index < -0.39 is 6.04 Å². The summed E-state index contributed by atoms with van der Waals surface area (Å²) in [5.74, 6) is 0.146. The van der Waals surface area contributed by atoms with Gasteiger partial charge in [0.25, 0.3) is 11.8 Å². The summed E-state index contributed by atoms with van der Waals surface area (Å²) in [6.45, 7) is 0. The van der Waals surface area contributed by atoms with Crippen molar-refractivity contribution in [2.24, 2.45) is 0 Å². The lowest BCUT2D eigenvalue weighted by Crippen LogP contribution is -2.55. The van der Waals surface area contributed by atoms with Gasteiger partial charge in [0.1, 0.15) is 16.1 Å². The maximum absolute atomic E-state index is 13.6. The number of carbonyl (C=O) groups excluding carboxylic acids is 2. The number of para-hydroxylation sites is 1. The van der Waals surface area contributed by atoms with Gasteiger partial charge in [-0.2, -0.15) is 0 Å². The van der Waals surface area contributed by atoms with Crippen molar-refractivity contribution in [1.82, 2.24) is 5.32 Å². The van der Waals surface area contributed by atoms with Gasteiger partial charge in [-0.05, 0) is 42.0 Å². The number of amides is 2. The van der Waals surface area contributed by atoms with Crippen LogP contribution in [0.15, 0.2) is 84.9 Å². The second-order valence-corrected chi connectivity index (χ2v) is 8.68. The molecule has 1 N–H and O–H groups in total. The number of nitrogens with zero attached hydrogens (tertiary/aromatic N) is 1. The van der Waals surface area contributed by atoms with Crippen molar-refractivity contribution >= 4 is 45.8 Å². The molecule has 0 aromatic heterocycles. The number of anilines is 1. The molecule has 3 aromatic rings. The van der Waals surface area contributed by atoms with Crippen molar-refractivity contribution in [2.75, 3.05) is 12.0 Å². The molecule has 4 rings (SSSR count). The Hall–Kier alpha value is -3.16. The summed E-state index contributed by atoms with van der Waals surface area (Å²) in [6, 6.07) is 24.8. The maximum atomic E-state index is 13.6. The summed E-state index contributed by atoms with van der Waals surface area (Å²) in [7, 11) is 1.60. The minimum atomic E-state index is -0.794. The van der Waals surface area contributed by atoms with Crippen molar-refractivity contribution < 1.29 is 14.3 Å². The van der Waals surface area contributed by atoms with Gasteiger partial charge in [0, 0.05) is 5.56 Å². The normalized spacial score (nSPS) is 18.5. The van der Waals surface area contributed by atoms with Gasteiger partial charge in [-0.25, -0.2) is 0 Å². The number of thiocarbonyl (C=S) groups is 1. The van der Waals surface area contributed by atoms with Gasteiger partial charge >= 0.3 is 0 Å². The number of carbonyl (C=O) groups is 2. The van der Waals surface area contributed by atoms with Gasteiger partial charge in [-0.15, -0.1) is 0 Å². The van der Waals surface area contributed by atoms with Crippen molar-refractivity contribution in [1.29, 1.82) is 0 Å². The van der Waals surface area contributed by atoms with Crippen LogP contribution in [-0.4, -0.2) is 29.3 Å². The van der Waals surface area contributed by atoms with Crippen molar-refractivity contribution in [3.63, 3.8) is 0 Å². The van der Waals surface area contributed by atoms with Gasteiger partial charge in [0.05, 0.1) is 18.0 Å². The van der Waals surface area contributed by atoms with E-state index in [1.807, 2.05) is 60.7 Å². The molecular weight excluding hydrogens is 428 g/mol. The molecule has 156 valence electrons. The third kappa shape index (κ3) is 4.47. The molecular formula is C24H20N2O3S2. The minimum absolute atomic E-state index is 0.264. The molecule has 1 aliphatic heterocycles. The van der Waals surface area contributed by atoms with Crippen LogP contribution in [0.5, 0.6) is 5.75 Å². The third-order valence-corrected chi connectivity index (χ3v) is 6.63. The number of rotatable bonds is 5. The largest absolute Gasteiger partial charge is 0.497 e. The monoisotopic (exact) mass is 448 g/mol. The van der Waals surface area contributed by atoms with Gasteiger partial charge in [-0.3, -0.25) is 14.5 Å². The first-order valence-electron chi connectivity index (χ1n) is 9.68. The zero-order valence-corrected chi connectivity index (χ0v) is 18.4. The SMILES string of the molecule is COc1ccc([C@H]2SC(=S)N(c3ccccc3)C(=O)[C@H]2NC(=O)c2ccccc2)cc1.